The van der Waals surface area contributed by atoms with Crippen LogP contribution < -0.4 is 0 Å². The molecule has 0 bridgehead atoms. The summed E-state index contributed by atoms with van der Waals surface area (Å²) in [7, 11) is 0. The van der Waals surface area contributed by atoms with E-state index in [9.17, 15) is 4.79 Å². The van der Waals surface area contributed by atoms with E-state index in [1.807, 2.05) is 30.3 Å². The van der Waals surface area contributed by atoms with Crippen molar-refractivity contribution in [2.45, 2.75) is 6.54 Å². The number of amides is 1. The van der Waals surface area contributed by atoms with Gasteiger partial charge in [0.05, 0.1) is 6.54 Å². The fourth-order valence-corrected chi connectivity index (χ4v) is 1.56. The highest BCUT2D eigenvalue weighted by atomic mass is 16.6. The fraction of sp³-hybridized carbons (Fsp3) is 0.154. The zero-order valence-electron chi connectivity index (χ0n) is 8.72. The molecule has 0 atom stereocenters. The predicted octanol–water partition coefficient (Wildman–Crippen LogP) is 2.24. The van der Waals surface area contributed by atoms with Gasteiger partial charge in [-0.1, -0.05) is 30.2 Å². The van der Waals surface area contributed by atoms with Crippen LogP contribution in [0.15, 0.2) is 30.5 Å². The summed E-state index contributed by atoms with van der Waals surface area (Å²) in [6.07, 6.45) is 8.20. The Morgan fingerprint density at radius 1 is 1.50 bits per heavy atom. The van der Waals surface area contributed by atoms with Crippen LogP contribution in [0.3, 0.4) is 0 Å². The Morgan fingerprint density at radius 2 is 2.31 bits per heavy atom. The highest BCUT2D eigenvalue weighted by molar-refractivity contribution is 5.72. The van der Waals surface area contributed by atoms with Gasteiger partial charge in [-0.3, -0.25) is 4.90 Å². The molecule has 0 saturated carbocycles. The van der Waals surface area contributed by atoms with Gasteiger partial charge in [0.1, 0.15) is 0 Å². The summed E-state index contributed by atoms with van der Waals surface area (Å²) in [5.74, 6) is 2.26. The van der Waals surface area contributed by atoms with Crippen LogP contribution in [0.2, 0.25) is 0 Å². The van der Waals surface area contributed by atoms with Crippen LogP contribution >= 0.6 is 0 Å². The lowest BCUT2D eigenvalue weighted by molar-refractivity contribution is 0.127. The lowest BCUT2D eigenvalue weighted by Crippen LogP contribution is -2.28. The molecule has 0 unspecified atom stereocenters. The second kappa shape index (κ2) is 4.54. The van der Waals surface area contributed by atoms with E-state index in [0.29, 0.717) is 6.54 Å². The van der Waals surface area contributed by atoms with E-state index in [0.717, 1.165) is 11.1 Å². The Morgan fingerprint density at radius 3 is 3.12 bits per heavy atom. The maximum Gasteiger partial charge on any atom is 0.415 e. The number of ether oxygens (including phenoxy) is 1. The molecule has 1 aliphatic heterocycles. The minimum absolute atomic E-state index is 0.00478. The molecule has 2 rings (SSSR count). The Labute approximate surface area is 94.3 Å². The number of rotatable bonds is 1. The van der Waals surface area contributed by atoms with Gasteiger partial charge < -0.3 is 4.74 Å². The van der Waals surface area contributed by atoms with E-state index in [1.54, 1.807) is 6.20 Å². The van der Waals surface area contributed by atoms with Crippen molar-refractivity contribution in [2.24, 2.45) is 0 Å². The summed E-state index contributed by atoms with van der Waals surface area (Å²) in [4.78, 5) is 13.0. The summed E-state index contributed by atoms with van der Waals surface area (Å²) >= 11 is 0. The highest BCUT2D eigenvalue weighted by Gasteiger charge is 2.16. The van der Waals surface area contributed by atoms with Gasteiger partial charge in [0.2, 0.25) is 0 Å². The molecule has 0 N–H and O–H groups in total. The molecule has 3 nitrogen and oxygen atoms in total. The SMILES string of the molecule is C#CCOC(=O)N1C=Cc2ccccc2C1. The van der Waals surface area contributed by atoms with E-state index < -0.39 is 6.09 Å². The molecule has 1 amide bonds. The van der Waals surface area contributed by atoms with Gasteiger partial charge in [-0.2, -0.15) is 0 Å². The van der Waals surface area contributed by atoms with Gasteiger partial charge in [-0.15, -0.1) is 6.42 Å². The lowest BCUT2D eigenvalue weighted by atomic mass is 10.1. The van der Waals surface area contributed by atoms with Crippen LogP contribution in [0, 0.1) is 12.3 Å². The van der Waals surface area contributed by atoms with E-state index in [-0.39, 0.29) is 6.61 Å². The monoisotopic (exact) mass is 213 g/mol. The number of carbonyl (C=O) groups excluding carboxylic acids is 1. The third kappa shape index (κ3) is 2.06. The van der Waals surface area contributed by atoms with Gasteiger partial charge >= 0.3 is 6.09 Å². The van der Waals surface area contributed by atoms with Crippen molar-refractivity contribution < 1.29 is 9.53 Å². The Bertz CT molecular complexity index is 471. The number of carbonyl (C=O) groups is 1. The Balaban J connectivity index is 2.09. The van der Waals surface area contributed by atoms with Crippen molar-refractivity contribution in [3.8, 4) is 12.3 Å². The molecule has 0 fully saturated rings. The minimum atomic E-state index is -0.413. The van der Waals surface area contributed by atoms with Crippen LogP contribution in [-0.2, 0) is 11.3 Å². The van der Waals surface area contributed by atoms with E-state index in [2.05, 4.69) is 5.92 Å². The molecule has 0 saturated heterocycles. The van der Waals surface area contributed by atoms with Crippen LogP contribution in [0.5, 0.6) is 0 Å². The van der Waals surface area contributed by atoms with Crippen molar-refractivity contribution in [1.82, 2.24) is 4.90 Å². The molecule has 80 valence electrons. The smallest absolute Gasteiger partial charge is 0.415 e. The zero-order chi connectivity index (χ0) is 11.4. The number of nitrogens with zero attached hydrogens (tertiary/aromatic N) is 1. The molecule has 0 radical (unpaired) electrons. The van der Waals surface area contributed by atoms with E-state index in [4.69, 9.17) is 11.2 Å². The Hall–Kier alpha value is -2.21. The Kier molecular flexibility index (Phi) is 2.93. The van der Waals surface area contributed by atoms with E-state index >= 15 is 0 Å². The van der Waals surface area contributed by atoms with Crippen molar-refractivity contribution >= 4 is 12.2 Å². The molecule has 1 aromatic rings. The highest BCUT2D eigenvalue weighted by Crippen LogP contribution is 2.19. The number of fused-ring (bicyclic) bond motifs is 1. The molecule has 16 heavy (non-hydrogen) atoms. The molecular weight excluding hydrogens is 202 g/mol. The first-order valence-corrected chi connectivity index (χ1v) is 4.94. The molecule has 0 spiro atoms. The van der Waals surface area contributed by atoms with Gasteiger partial charge in [0.15, 0.2) is 6.61 Å². The number of hydrogen-bond donors (Lipinski definition) is 0. The molecule has 1 aromatic carbocycles. The van der Waals surface area contributed by atoms with Crippen molar-refractivity contribution in [2.75, 3.05) is 6.61 Å². The summed E-state index contributed by atoms with van der Waals surface area (Å²) in [5, 5.41) is 0. The molecular formula is C13H11NO2. The van der Waals surface area contributed by atoms with Crippen LogP contribution in [0.25, 0.3) is 6.08 Å². The summed E-state index contributed by atoms with van der Waals surface area (Å²) in [6.45, 7) is 0.529. The minimum Gasteiger partial charge on any atom is -0.436 e. The maximum absolute atomic E-state index is 11.5. The number of benzene rings is 1. The van der Waals surface area contributed by atoms with Gasteiger partial charge in [0.25, 0.3) is 0 Å². The average Bonchev–Trinajstić information content (AvgIpc) is 2.35. The fourth-order valence-electron chi connectivity index (χ4n) is 1.56. The van der Waals surface area contributed by atoms with Gasteiger partial charge in [0, 0.05) is 6.20 Å². The van der Waals surface area contributed by atoms with Crippen LogP contribution in [0.1, 0.15) is 11.1 Å². The standard InChI is InChI=1S/C13H11NO2/c1-2-9-16-13(15)14-8-7-11-5-3-4-6-12(11)10-14/h1,3-8H,9-10H2. The second-order valence-corrected chi connectivity index (χ2v) is 3.40. The first kappa shape index (κ1) is 10.3. The molecule has 0 aliphatic carbocycles. The normalized spacial score (nSPS) is 12.8. The molecule has 0 aromatic heterocycles. The topological polar surface area (TPSA) is 29.5 Å². The summed E-state index contributed by atoms with van der Waals surface area (Å²) in [6, 6.07) is 7.91. The molecule has 1 aliphatic rings. The van der Waals surface area contributed by atoms with E-state index in [1.165, 1.54) is 4.90 Å². The first-order valence-electron chi connectivity index (χ1n) is 4.94. The van der Waals surface area contributed by atoms with Crippen molar-refractivity contribution in [3.63, 3.8) is 0 Å². The molecule has 3 heteroatoms. The number of terminal acetylenes is 1. The largest absolute Gasteiger partial charge is 0.436 e. The maximum atomic E-state index is 11.5. The quantitative estimate of drug-likeness (QED) is 0.669. The van der Waals surface area contributed by atoms with Crippen molar-refractivity contribution in [1.29, 1.82) is 0 Å². The third-order valence-electron chi connectivity index (χ3n) is 2.34. The summed E-state index contributed by atoms with van der Waals surface area (Å²) < 4.78 is 4.85. The number of hydrogen-bond acceptors (Lipinski definition) is 2. The third-order valence-corrected chi connectivity index (χ3v) is 2.34. The van der Waals surface area contributed by atoms with Gasteiger partial charge in [-0.05, 0) is 17.2 Å². The van der Waals surface area contributed by atoms with Crippen molar-refractivity contribution in [3.05, 3.63) is 41.6 Å². The van der Waals surface area contributed by atoms with Gasteiger partial charge in [-0.25, -0.2) is 4.79 Å². The van der Waals surface area contributed by atoms with Crippen LogP contribution in [-0.4, -0.2) is 17.6 Å². The second-order valence-electron chi connectivity index (χ2n) is 3.40. The lowest BCUT2D eigenvalue weighted by Gasteiger charge is -2.22. The average molecular weight is 213 g/mol. The predicted molar refractivity (Wildman–Crippen MR) is 61.2 cm³/mol. The van der Waals surface area contributed by atoms with Crippen LogP contribution in [0.4, 0.5) is 4.79 Å². The zero-order valence-corrected chi connectivity index (χ0v) is 8.72. The summed E-state index contributed by atoms with van der Waals surface area (Å²) in [5.41, 5.74) is 2.23. The first-order chi connectivity index (χ1) is 7.81. The molecule has 1 heterocycles.